The van der Waals surface area contributed by atoms with Crippen molar-refractivity contribution in [2.45, 2.75) is 9.92 Å². The van der Waals surface area contributed by atoms with Crippen LogP contribution in [0.3, 0.4) is 0 Å². The van der Waals surface area contributed by atoms with Gasteiger partial charge in [0.05, 0.1) is 11.6 Å². The lowest BCUT2D eigenvalue weighted by atomic mass is 10.4. The fraction of sp³-hybridized carbons (Fsp3) is 0. The van der Waals surface area contributed by atoms with E-state index in [1.165, 1.54) is 0 Å². The molecule has 0 aliphatic rings. The smallest absolute Gasteiger partial charge is 0.223 e. The second kappa shape index (κ2) is 4.06. The van der Waals surface area contributed by atoms with Gasteiger partial charge in [-0.05, 0) is 12.1 Å². The third-order valence-corrected chi connectivity index (χ3v) is 3.26. The first kappa shape index (κ1) is 10.1. The number of benzene rings is 1. The quantitative estimate of drug-likeness (QED) is 0.673. The average Bonchev–Trinajstić information content (AvgIpc) is 2.78. The number of rotatable bonds is 2. The number of fused-ring (bicyclic) bond motifs is 1. The molecule has 3 aromatic rings. The van der Waals surface area contributed by atoms with E-state index in [0.29, 0.717) is 5.65 Å². The molecule has 2 heterocycles. The summed E-state index contributed by atoms with van der Waals surface area (Å²) in [5.41, 5.74) is 6.32. The summed E-state index contributed by atoms with van der Waals surface area (Å²) >= 11 is 1.54. The standard InChI is InChI=1S/C11H9N5S/c12-11-14-9-8(6-13-16-9)10(15-11)17-7-4-2-1-3-5-7/h1-6H,(H3,12,13,14,15,16). The summed E-state index contributed by atoms with van der Waals surface area (Å²) in [5, 5.41) is 8.44. The Morgan fingerprint density at radius 1 is 1.12 bits per heavy atom. The number of hydrogen-bond donors (Lipinski definition) is 2. The molecule has 1 aromatic carbocycles. The highest BCUT2D eigenvalue weighted by atomic mass is 32.2. The number of aromatic nitrogens is 4. The number of H-pyrrole nitrogens is 1. The van der Waals surface area contributed by atoms with Crippen molar-refractivity contribution in [1.82, 2.24) is 20.2 Å². The molecule has 3 N–H and O–H groups in total. The number of aromatic amines is 1. The molecule has 84 valence electrons. The summed E-state index contributed by atoms with van der Waals surface area (Å²) in [7, 11) is 0. The maximum Gasteiger partial charge on any atom is 0.223 e. The Labute approximate surface area is 101 Å². The third kappa shape index (κ3) is 1.94. The molecule has 0 atom stereocenters. The molecule has 2 aromatic heterocycles. The van der Waals surface area contributed by atoms with Gasteiger partial charge in [-0.2, -0.15) is 10.1 Å². The minimum atomic E-state index is 0.250. The minimum Gasteiger partial charge on any atom is -0.368 e. The SMILES string of the molecule is Nc1nc(Sc2ccccc2)c2cn[nH]c2n1. The number of nitrogens with two attached hydrogens (primary N) is 1. The zero-order chi connectivity index (χ0) is 11.7. The molecule has 6 heteroatoms. The molecule has 0 amide bonds. The molecular formula is C11H9N5S. The van der Waals surface area contributed by atoms with Crippen LogP contribution in [0.4, 0.5) is 5.95 Å². The van der Waals surface area contributed by atoms with Crippen LogP contribution in [-0.4, -0.2) is 20.2 Å². The van der Waals surface area contributed by atoms with E-state index >= 15 is 0 Å². The first-order valence-electron chi connectivity index (χ1n) is 5.02. The number of nitrogens with zero attached hydrogens (tertiary/aromatic N) is 3. The molecule has 0 saturated heterocycles. The third-order valence-electron chi connectivity index (χ3n) is 2.25. The van der Waals surface area contributed by atoms with Crippen molar-refractivity contribution < 1.29 is 0 Å². The van der Waals surface area contributed by atoms with Crippen molar-refractivity contribution in [1.29, 1.82) is 0 Å². The van der Waals surface area contributed by atoms with E-state index in [4.69, 9.17) is 5.73 Å². The van der Waals surface area contributed by atoms with Gasteiger partial charge in [-0.15, -0.1) is 0 Å². The van der Waals surface area contributed by atoms with Crippen LogP contribution in [0.1, 0.15) is 0 Å². The molecular weight excluding hydrogens is 234 g/mol. The number of nitrogens with one attached hydrogen (secondary N) is 1. The minimum absolute atomic E-state index is 0.250. The van der Waals surface area contributed by atoms with E-state index in [-0.39, 0.29) is 5.95 Å². The van der Waals surface area contributed by atoms with Gasteiger partial charge in [-0.25, -0.2) is 4.98 Å². The second-order valence-electron chi connectivity index (χ2n) is 3.43. The van der Waals surface area contributed by atoms with Gasteiger partial charge in [-0.3, -0.25) is 5.10 Å². The Balaban J connectivity index is 2.08. The summed E-state index contributed by atoms with van der Waals surface area (Å²) in [6.45, 7) is 0. The van der Waals surface area contributed by atoms with Crippen molar-refractivity contribution in [2.75, 3.05) is 5.73 Å². The first-order chi connectivity index (χ1) is 8.33. The summed E-state index contributed by atoms with van der Waals surface area (Å²) in [4.78, 5) is 9.42. The molecule has 0 saturated carbocycles. The summed E-state index contributed by atoms with van der Waals surface area (Å²) in [6, 6.07) is 9.99. The van der Waals surface area contributed by atoms with Gasteiger partial charge in [0.1, 0.15) is 5.03 Å². The Morgan fingerprint density at radius 2 is 1.94 bits per heavy atom. The Bertz CT molecular complexity index is 649. The highest BCUT2D eigenvalue weighted by Gasteiger charge is 2.09. The van der Waals surface area contributed by atoms with Crippen molar-refractivity contribution in [2.24, 2.45) is 0 Å². The lowest BCUT2D eigenvalue weighted by Crippen LogP contribution is -1.96. The predicted octanol–water partition coefficient (Wildman–Crippen LogP) is 2.09. The molecule has 0 fully saturated rings. The van der Waals surface area contributed by atoms with E-state index in [2.05, 4.69) is 20.2 Å². The second-order valence-corrected chi connectivity index (χ2v) is 4.50. The first-order valence-corrected chi connectivity index (χ1v) is 5.84. The van der Waals surface area contributed by atoms with Crippen molar-refractivity contribution in [3.63, 3.8) is 0 Å². The predicted molar refractivity (Wildman–Crippen MR) is 66.7 cm³/mol. The van der Waals surface area contributed by atoms with Gasteiger partial charge in [0.15, 0.2) is 5.65 Å². The fourth-order valence-electron chi connectivity index (χ4n) is 1.50. The van der Waals surface area contributed by atoms with E-state index in [9.17, 15) is 0 Å². The zero-order valence-electron chi connectivity index (χ0n) is 8.79. The van der Waals surface area contributed by atoms with E-state index in [1.54, 1.807) is 18.0 Å². The van der Waals surface area contributed by atoms with Gasteiger partial charge in [-0.1, -0.05) is 30.0 Å². The van der Waals surface area contributed by atoms with Crippen LogP contribution < -0.4 is 5.73 Å². The van der Waals surface area contributed by atoms with Gasteiger partial charge in [0.25, 0.3) is 0 Å². The monoisotopic (exact) mass is 243 g/mol. The highest BCUT2D eigenvalue weighted by Crippen LogP contribution is 2.30. The Morgan fingerprint density at radius 3 is 2.76 bits per heavy atom. The van der Waals surface area contributed by atoms with Crippen LogP contribution in [0.15, 0.2) is 46.5 Å². The number of nitrogen functional groups attached to an aromatic ring is 1. The molecule has 0 spiro atoms. The topological polar surface area (TPSA) is 80.5 Å². The highest BCUT2D eigenvalue weighted by molar-refractivity contribution is 7.99. The maximum atomic E-state index is 5.65. The van der Waals surface area contributed by atoms with Crippen LogP contribution in [0.2, 0.25) is 0 Å². The molecule has 3 rings (SSSR count). The molecule has 0 unspecified atom stereocenters. The van der Waals surface area contributed by atoms with Crippen LogP contribution in [0.25, 0.3) is 11.0 Å². The Kier molecular flexibility index (Phi) is 2.41. The molecule has 0 aliphatic heterocycles. The fourth-order valence-corrected chi connectivity index (χ4v) is 2.42. The molecule has 0 radical (unpaired) electrons. The number of hydrogen-bond acceptors (Lipinski definition) is 5. The van der Waals surface area contributed by atoms with Crippen molar-refractivity contribution in [3.8, 4) is 0 Å². The van der Waals surface area contributed by atoms with Crippen LogP contribution in [0.5, 0.6) is 0 Å². The van der Waals surface area contributed by atoms with E-state index in [0.717, 1.165) is 15.3 Å². The Hall–Kier alpha value is -2.08. The summed E-state index contributed by atoms with van der Waals surface area (Å²) in [5.74, 6) is 0.250. The van der Waals surface area contributed by atoms with Crippen LogP contribution in [0, 0.1) is 0 Å². The van der Waals surface area contributed by atoms with Gasteiger partial charge in [0, 0.05) is 4.90 Å². The molecule has 0 bridgehead atoms. The van der Waals surface area contributed by atoms with Crippen LogP contribution in [-0.2, 0) is 0 Å². The summed E-state index contributed by atoms with van der Waals surface area (Å²) in [6.07, 6.45) is 1.71. The maximum absolute atomic E-state index is 5.65. The lowest BCUT2D eigenvalue weighted by molar-refractivity contribution is 1.08. The summed E-state index contributed by atoms with van der Waals surface area (Å²) < 4.78 is 0. The molecule has 5 nitrogen and oxygen atoms in total. The van der Waals surface area contributed by atoms with Crippen molar-refractivity contribution >= 4 is 28.7 Å². The van der Waals surface area contributed by atoms with Crippen molar-refractivity contribution in [3.05, 3.63) is 36.5 Å². The van der Waals surface area contributed by atoms with Gasteiger partial charge >= 0.3 is 0 Å². The zero-order valence-corrected chi connectivity index (χ0v) is 9.61. The van der Waals surface area contributed by atoms with Gasteiger partial charge in [0.2, 0.25) is 5.95 Å². The van der Waals surface area contributed by atoms with E-state index < -0.39 is 0 Å². The van der Waals surface area contributed by atoms with E-state index in [1.807, 2.05) is 30.3 Å². The molecule has 17 heavy (non-hydrogen) atoms. The van der Waals surface area contributed by atoms with Crippen LogP contribution >= 0.6 is 11.8 Å². The largest absolute Gasteiger partial charge is 0.368 e. The average molecular weight is 243 g/mol. The lowest BCUT2D eigenvalue weighted by Gasteiger charge is -2.02. The number of anilines is 1. The normalized spacial score (nSPS) is 10.8. The molecule has 0 aliphatic carbocycles. The van der Waals surface area contributed by atoms with Gasteiger partial charge < -0.3 is 5.73 Å².